The van der Waals surface area contributed by atoms with Gasteiger partial charge in [0.05, 0.1) is 17.7 Å². The summed E-state index contributed by atoms with van der Waals surface area (Å²) in [6, 6.07) is 9.41. The molecular weight excluding hydrogens is 416 g/mol. The van der Waals surface area contributed by atoms with Gasteiger partial charge in [-0.1, -0.05) is 24.3 Å². The molecular formula is C23H22N2O5S. The van der Waals surface area contributed by atoms with Crippen molar-refractivity contribution in [3.63, 3.8) is 0 Å². The fourth-order valence-electron chi connectivity index (χ4n) is 2.93. The first-order valence-corrected chi connectivity index (χ1v) is 10.5. The van der Waals surface area contributed by atoms with E-state index in [0.717, 1.165) is 26.9 Å². The van der Waals surface area contributed by atoms with E-state index in [4.69, 9.17) is 9.47 Å². The van der Waals surface area contributed by atoms with Crippen LogP contribution in [0.3, 0.4) is 0 Å². The second-order valence-corrected chi connectivity index (χ2v) is 7.84. The lowest BCUT2D eigenvalue weighted by molar-refractivity contribution is -0.142. The first kappa shape index (κ1) is 22.2. The highest BCUT2D eigenvalue weighted by molar-refractivity contribution is 7.16. The number of ether oxygens (including phenoxy) is 2. The molecule has 2 aromatic heterocycles. The summed E-state index contributed by atoms with van der Waals surface area (Å²) >= 11 is 1.27. The van der Waals surface area contributed by atoms with Crippen LogP contribution in [0.1, 0.15) is 33.3 Å². The molecule has 0 spiro atoms. The number of hydrogen-bond acceptors (Lipinski definition) is 7. The van der Waals surface area contributed by atoms with Gasteiger partial charge in [0.1, 0.15) is 5.00 Å². The van der Waals surface area contributed by atoms with Crippen molar-refractivity contribution in [2.45, 2.75) is 20.8 Å². The quantitative estimate of drug-likeness (QED) is 0.437. The van der Waals surface area contributed by atoms with E-state index in [1.54, 1.807) is 26.1 Å². The highest BCUT2D eigenvalue weighted by atomic mass is 32.1. The molecule has 31 heavy (non-hydrogen) atoms. The van der Waals surface area contributed by atoms with Crippen molar-refractivity contribution >= 4 is 51.2 Å². The molecule has 2 heterocycles. The first-order valence-electron chi connectivity index (χ1n) is 9.66. The number of hydrogen-bond donors (Lipinski definition) is 1. The predicted molar refractivity (Wildman–Crippen MR) is 120 cm³/mol. The third-order valence-electron chi connectivity index (χ3n) is 4.53. The average Bonchev–Trinajstić information content (AvgIpc) is 3.03. The minimum absolute atomic E-state index is 0.233. The molecule has 7 nitrogen and oxygen atoms in total. The summed E-state index contributed by atoms with van der Waals surface area (Å²) in [6.45, 7) is 5.12. The maximum atomic E-state index is 12.3. The highest BCUT2D eigenvalue weighted by Crippen LogP contribution is 2.33. The van der Waals surface area contributed by atoms with Gasteiger partial charge in [0, 0.05) is 28.1 Å². The van der Waals surface area contributed by atoms with Crippen molar-refractivity contribution in [2.24, 2.45) is 0 Å². The van der Waals surface area contributed by atoms with Crippen molar-refractivity contribution < 1.29 is 23.9 Å². The second-order valence-electron chi connectivity index (χ2n) is 6.62. The summed E-state index contributed by atoms with van der Waals surface area (Å²) in [5.74, 6) is -1.70. The van der Waals surface area contributed by atoms with E-state index < -0.39 is 24.5 Å². The number of fused-ring (bicyclic) bond motifs is 1. The number of carbonyl (C=O) groups is 3. The third kappa shape index (κ3) is 5.35. The van der Waals surface area contributed by atoms with Crippen molar-refractivity contribution in [1.29, 1.82) is 0 Å². The summed E-state index contributed by atoms with van der Waals surface area (Å²) in [5.41, 5.74) is 2.61. The number of nitrogens with zero attached hydrogens (tertiary/aromatic N) is 1. The van der Waals surface area contributed by atoms with Crippen LogP contribution in [0.4, 0.5) is 5.00 Å². The number of carbonyl (C=O) groups excluding carboxylic acids is 3. The average molecular weight is 439 g/mol. The standard InChI is InChI=1S/C23H22N2O5S/c1-4-29-23(28)20-14(2)15(3)31-22(20)25-18(26)13-30-19(27)11-10-17-8-5-7-16-9-6-12-24-21(16)17/h5-12H,4,13H2,1-3H3,(H,25,26)/b11-10+. The molecule has 160 valence electrons. The van der Waals surface area contributed by atoms with E-state index in [1.807, 2.05) is 37.3 Å². The first-order chi connectivity index (χ1) is 14.9. The van der Waals surface area contributed by atoms with Crippen LogP contribution < -0.4 is 5.32 Å². The molecule has 3 rings (SSSR count). The van der Waals surface area contributed by atoms with Gasteiger partial charge in [-0.05, 0) is 38.5 Å². The molecule has 1 N–H and O–H groups in total. The third-order valence-corrected chi connectivity index (χ3v) is 5.65. The minimum Gasteiger partial charge on any atom is -0.462 e. The predicted octanol–water partition coefficient (Wildman–Crippen LogP) is 4.28. The number of pyridine rings is 1. The lowest BCUT2D eigenvalue weighted by atomic mass is 10.1. The number of rotatable bonds is 7. The van der Waals surface area contributed by atoms with Crippen LogP contribution in [0, 0.1) is 13.8 Å². The SMILES string of the molecule is CCOC(=O)c1c(NC(=O)COC(=O)/C=C/c2cccc3cccnc23)sc(C)c1C. The molecule has 0 saturated carbocycles. The van der Waals surface area contributed by atoms with Gasteiger partial charge in [-0.15, -0.1) is 11.3 Å². The highest BCUT2D eigenvalue weighted by Gasteiger charge is 2.22. The molecule has 0 aliphatic rings. The molecule has 0 saturated heterocycles. The van der Waals surface area contributed by atoms with Gasteiger partial charge in [-0.3, -0.25) is 9.78 Å². The van der Waals surface area contributed by atoms with E-state index >= 15 is 0 Å². The van der Waals surface area contributed by atoms with Gasteiger partial charge in [0.2, 0.25) is 0 Å². The number of benzene rings is 1. The monoisotopic (exact) mass is 438 g/mol. The fraction of sp³-hybridized carbons (Fsp3) is 0.217. The Hall–Kier alpha value is -3.52. The number of aryl methyl sites for hydroxylation is 1. The largest absolute Gasteiger partial charge is 0.462 e. The van der Waals surface area contributed by atoms with Gasteiger partial charge in [-0.2, -0.15) is 0 Å². The van der Waals surface area contributed by atoms with Crippen molar-refractivity contribution in [1.82, 2.24) is 4.98 Å². The van der Waals surface area contributed by atoms with Gasteiger partial charge in [0.25, 0.3) is 5.91 Å². The van der Waals surface area contributed by atoms with E-state index in [1.165, 1.54) is 17.4 Å². The van der Waals surface area contributed by atoms with Crippen molar-refractivity contribution in [2.75, 3.05) is 18.5 Å². The van der Waals surface area contributed by atoms with Crippen LogP contribution in [0.2, 0.25) is 0 Å². The minimum atomic E-state index is -0.660. The van der Waals surface area contributed by atoms with Crippen LogP contribution in [-0.2, 0) is 19.1 Å². The van der Waals surface area contributed by atoms with Crippen LogP contribution in [0.15, 0.2) is 42.6 Å². The summed E-state index contributed by atoms with van der Waals surface area (Å²) in [7, 11) is 0. The molecule has 8 heteroatoms. The summed E-state index contributed by atoms with van der Waals surface area (Å²) < 4.78 is 10.1. The van der Waals surface area contributed by atoms with Crippen LogP contribution in [0.5, 0.6) is 0 Å². The second kappa shape index (κ2) is 9.99. The molecule has 0 atom stereocenters. The van der Waals surface area contributed by atoms with Crippen LogP contribution in [-0.4, -0.2) is 36.0 Å². The molecule has 0 aliphatic carbocycles. The molecule has 0 aliphatic heterocycles. The van der Waals surface area contributed by atoms with E-state index in [9.17, 15) is 14.4 Å². The van der Waals surface area contributed by atoms with Gasteiger partial charge < -0.3 is 14.8 Å². The lowest BCUT2D eigenvalue weighted by Gasteiger charge is -2.07. The number of esters is 2. The zero-order valence-electron chi connectivity index (χ0n) is 17.4. The summed E-state index contributed by atoms with van der Waals surface area (Å²) in [4.78, 5) is 41.7. The Morgan fingerprint density at radius 2 is 1.90 bits per heavy atom. The molecule has 1 amide bonds. The molecule has 0 unspecified atom stereocenters. The maximum absolute atomic E-state index is 12.3. The van der Waals surface area contributed by atoms with E-state index in [0.29, 0.717) is 10.6 Å². The number of para-hydroxylation sites is 1. The Labute approximate surface area is 183 Å². The van der Waals surface area contributed by atoms with Crippen molar-refractivity contribution in [3.8, 4) is 0 Å². The van der Waals surface area contributed by atoms with Crippen molar-refractivity contribution in [3.05, 3.63) is 64.2 Å². The molecule has 0 fully saturated rings. The number of thiophene rings is 1. The Balaban J connectivity index is 1.61. The van der Waals surface area contributed by atoms with Gasteiger partial charge in [-0.25, -0.2) is 9.59 Å². The Kier molecular flexibility index (Phi) is 7.15. The topological polar surface area (TPSA) is 94.6 Å². The zero-order valence-corrected chi connectivity index (χ0v) is 18.2. The van der Waals surface area contributed by atoms with Gasteiger partial charge >= 0.3 is 11.9 Å². The molecule has 3 aromatic rings. The fourth-order valence-corrected chi connectivity index (χ4v) is 4.00. The molecule has 0 radical (unpaired) electrons. The normalized spacial score (nSPS) is 10.9. The van der Waals surface area contributed by atoms with Gasteiger partial charge in [0.15, 0.2) is 6.61 Å². The summed E-state index contributed by atoms with van der Waals surface area (Å²) in [5, 5.41) is 3.97. The van der Waals surface area contributed by atoms with Crippen LogP contribution >= 0.6 is 11.3 Å². The van der Waals surface area contributed by atoms with Crippen LogP contribution in [0.25, 0.3) is 17.0 Å². The number of nitrogens with one attached hydrogen (secondary N) is 1. The van der Waals surface area contributed by atoms with E-state index in [-0.39, 0.29) is 6.61 Å². The lowest BCUT2D eigenvalue weighted by Crippen LogP contribution is -2.21. The zero-order chi connectivity index (χ0) is 22.4. The smallest absolute Gasteiger partial charge is 0.341 e. The maximum Gasteiger partial charge on any atom is 0.341 e. The Morgan fingerprint density at radius 3 is 2.68 bits per heavy atom. The summed E-state index contributed by atoms with van der Waals surface area (Å²) in [6.07, 6.45) is 4.53. The number of amides is 1. The number of aromatic nitrogens is 1. The molecule has 0 bridgehead atoms. The number of anilines is 1. The molecule has 1 aromatic carbocycles. The van der Waals surface area contributed by atoms with E-state index in [2.05, 4.69) is 10.3 Å². The Morgan fingerprint density at radius 1 is 1.13 bits per heavy atom. The Bertz CT molecular complexity index is 1160.